The molecule has 1 N–H and O–H groups in total. The van der Waals surface area contributed by atoms with Crippen molar-refractivity contribution in [1.29, 1.82) is 0 Å². The number of aliphatic hydroxyl groups is 1. The minimum atomic E-state index is -3.96. The molecule has 1 fully saturated rings. The lowest BCUT2D eigenvalue weighted by molar-refractivity contribution is 0.0806. The van der Waals surface area contributed by atoms with E-state index >= 15 is 0 Å². The van der Waals surface area contributed by atoms with E-state index in [1.54, 1.807) is 28.7 Å². The monoisotopic (exact) mass is 579 g/mol. The quantitative estimate of drug-likeness (QED) is 0.228. The lowest BCUT2D eigenvalue weighted by Gasteiger charge is -2.49. The number of anilines is 1. The average Bonchev–Trinajstić information content (AvgIpc) is 3.01. The number of hydrogen-bond donors (Lipinski definition) is 1. The van der Waals surface area contributed by atoms with Crippen LogP contribution < -0.4 is 9.64 Å². The zero-order valence-electron chi connectivity index (χ0n) is 23.4. The van der Waals surface area contributed by atoms with Gasteiger partial charge in [-0.25, -0.2) is 8.42 Å². The van der Waals surface area contributed by atoms with Crippen LogP contribution in [0.1, 0.15) is 25.0 Å². The molecule has 1 aliphatic heterocycles. The average molecular weight is 580 g/mol. The summed E-state index contributed by atoms with van der Waals surface area (Å²) in [6, 6.07) is 35.7. The molecule has 2 unspecified atom stereocenters. The van der Waals surface area contributed by atoms with Gasteiger partial charge >= 0.3 is 0 Å². The molecule has 42 heavy (non-hydrogen) atoms. The van der Waals surface area contributed by atoms with Crippen molar-refractivity contribution >= 4 is 26.6 Å². The lowest BCUT2D eigenvalue weighted by Crippen LogP contribution is -2.63. The third-order valence-electron chi connectivity index (χ3n) is 7.87. The minimum Gasteiger partial charge on any atom is -0.457 e. The molecule has 6 rings (SSSR count). The maximum atomic E-state index is 14.4. The van der Waals surface area contributed by atoms with Gasteiger partial charge < -0.3 is 14.7 Å². The molecule has 8 heteroatoms. The van der Waals surface area contributed by atoms with Gasteiger partial charge in [0.1, 0.15) is 16.4 Å². The molecule has 214 valence electrons. The highest BCUT2D eigenvalue weighted by Gasteiger charge is 2.46. The second-order valence-corrected chi connectivity index (χ2v) is 12.7. The van der Waals surface area contributed by atoms with E-state index in [1.807, 2.05) is 104 Å². The van der Waals surface area contributed by atoms with Crippen LogP contribution in [0.2, 0.25) is 0 Å². The lowest BCUT2D eigenvalue weighted by atomic mass is 9.88. The molecule has 5 aromatic rings. The van der Waals surface area contributed by atoms with Crippen LogP contribution in [0.3, 0.4) is 0 Å². The van der Waals surface area contributed by atoms with Crippen LogP contribution in [0.4, 0.5) is 5.69 Å². The summed E-state index contributed by atoms with van der Waals surface area (Å²) in [7, 11) is -3.96. The topological polar surface area (TPSA) is 83.0 Å². The van der Waals surface area contributed by atoms with Crippen molar-refractivity contribution in [2.24, 2.45) is 0 Å². The number of hydrogen-bond acceptors (Lipinski definition) is 6. The molecule has 0 aliphatic carbocycles. The summed E-state index contributed by atoms with van der Waals surface area (Å²) in [4.78, 5) is 6.78. The van der Waals surface area contributed by atoms with E-state index in [9.17, 15) is 13.5 Å². The first-order chi connectivity index (χ1) is 20.3. The molecule has 1 aliphatic rings. The zero-order valence-corrected chi connectivity index (χ0v) is 24.2. The van der Waals surface area contributed by atoms with E-state index in [0.29, 0.717) is 18.6 Å². The van der Waals surface area contributed by atoms with E-state index in [0.717, 1.165) is 28.1 Å². The van der Waals surface area contributed by atoms with Gasteiger partial charge in [0.15, 0.2) is 0 Å². The summed E-state index contributed by atoms with van der Waals surface area (Å²) < 4.78 is 36.3. The molecule has 0 saturated carbocycles. The van der Waals surface area contributed by atoms with Crippen molar-refractivity contribution in [3.8, 4) is 11.5 Å². The number of pyridine rings is 1. The Hall–Kier alpha value is -4.24. The van der Waals surface area contributed by atoms with Gasteiger partial charge in [-0.15, -0.1) is 0 Å². The van der Waals surface area contributed by atoms with E-state index in [2.05, 4.69) is 9.88 Å². The highest BCUT2D eigenvalue weighted by Crippen LogP contribution is 2.38. The van der Waals surface area contributed by atoms with Gasteiger partial charge in [-0.2, -0.15) is 4.31 Å². The predicted molar refractivity (Wildman–Crippen MR) is 165 cm³/mol. The number of sulfonamides is 1. The number of ether oxygens (including phenoxy) is 1. The smallest absolute Gasteiger partial charge is 0.245 e. The summed E-state index contributed by atoms with van der Waals surface area (Å²) in [6.07, 6.45) is 0.990. The van der Waals surface area contributed by atoms with Crippen LogP contribution in [-0.4, -0.2) is 48.0 Å². The molecule has 0 spiro atoms. The van der Waals surface area contributed by atoms with E-state index in [4.69, 9.17) is 4.74 Å². The second-order valence-electron chi connectivity index (χ2n) is 10.9. The number of aromatic nitrogens is 1. The Morgan fingerprint density at radius 2 is 1.50 bits per heavy atom. The van der Waals surface area contributed by atoms with Crippen molar-refractivity contribution in [2.45, 2.75) is 29.9 Å². The molecule has 1 saturated heterocycles. The standard InChI is InChI=1S/C34H33N3O4S/c1-34(24-31(38)26-10-4-2-5-11-26)25-36(28-17-19-30(20-18-28)41-29-14-6-3-7-15-29)22-23-37(34)42(39,40)32-16-8-12-27-13-9-21-35-33(27)32/h2-21,31,38H,22-25H2,1H3. The van der Waals surface area contributed by atoms with Crippen molar-refractivity contribution in [3.63, 3.8) is 0 Å². The number of piperazine rings is 1. The third kappa shape index (κ3) is 5.61. The van der Waals surface area contributed by atoms with E-state index < -0.39 is 21.7 Å². The minimum absolute atomic E-state index is 0.178. The van der Waals surface area contributed by atoms with Crippen molar-refractivity contribution < 1.29 is 18.3 Å². The maximum absolute atomic E-state index is 14.4. The Kier molecular flexibility index (Phi) is 7.68. The summed E-state index contributed by atoms with van der Waals surface area (Å²) in [5.41, 5.74) is 1.23. The normalized spacial score (nSPS) is 18.6. The number of nitrogens with zero attached hydrogens (tertiary/aromatic N) is 3. The highest BCUT2D eigenvalue weighted by atomic mass is 32.2. The highest BCUT2D eigenvalue weighted by molar-refractivity contribution is 7.89. The summed E-state index contributed by atoms with van der Waals surface area (Å²) in [5, 5.41) is 12.1. The van der Waals surface area contributed by atoms with E-state index in [-0.39, 0.29) is 17.9 Å². The number of aliphatic hydroxyl groups excluding tert-OH is 1. The maximum Gasteiger partial charge on any atom is 0.245 e. The van der Waals surface area contributed by atoms with Gasteiger partial charge in [-0.05, 0) is 67.4 Å². The van der Waals surface area contributed by atoms with Crippen LogP contribution in [-0.2, 0) is 10.0 Å². The van der Waals surface area contributed by atoms with Gasteiger partial charge in [0.25, 0.3) is 0 Å². The van der Waals surface area contributed by atoms with Crippen molar-refractivity contribution in [3.05, 3.63) is 127 Å². The van der Waals surface area contributed by atoms with Crippen LogP contribution in [0.5, 0.6) is 11.5 Å². The van der Waals surface area contributed by atoms with Crippen LogP contribution in [0, 0.1) is 0 Å². The molecule has 1 aromatic heterocycles. The van der Waals surface area contributed by atoms with E-state index in [1.165, 1.54) is 0 Å². The fourth-order valence-corrected chi connectivity index (χ4v) is 7.75. The molecule has 0 bridgehead atoms. The molecular formula is C34H33N3O4S. The Labute approximate surface area is 246 Å². The number of para-hydroxylation sites is 2. The van der Waals surface area contributed by atoms with Crippen molar-refractivity contribution in [1.82, 2.24) is 9.29 Å². The summed E-state index contributed by atoms with van der Waals surface area (Å²) in [5.74, 6) is 1.48. The molecule has 0 radical (unpaired) electrons. The molecule has 2 atom stereocenters. The first-order valence-corrected chi connectivity index (χ1v) is 15.5. The molecule has 7 nitrogen and oxygen atoms in total. The SMILES string of the molecule is CC1(CC(O)c2ccccc2)CN(c2ccc(Oc3ccccc3)cc2)CCN1S(=O)(=O)c1cccc2cccnc12. The van der Waals surface area contributed by atoms with Crippen LogP contribution in [0.25, 0.3) is 10.9 Å². The van der Waals surface area contributed by atoms with Gasteiger partial charge in [0, 0.05) is 36.9 Å². The largest absolute Gasteiger partial charge is 0.457 e. The fourth-order valence-electron chi connectivity index (χ4n) is 5.81. The van der Waals surface area contributed by atoms with Gasteiger partial charge in [-0.3, -0.25) is 4.98 Å². The number of benzene rings is 4. The number of fused-ring (bicyclic) bond motifs is 1. The van der Waals surface area contributed by atoms with Gasteiger partial charge in [-0.1, -0.05) is 66.7 Å². The second kappa shape index (κ2) is 11.6. The Morgan fingerprint density at radius 3 is 2.24 bits per heavy atom. The fraction of sp³-hybridized carbons (Fsp3) is 0.206. The first kappa shape index (κ1) is 27.9. The Bertz CT molecular complexity index is 1760. The molecule has 2 heterocycles. The van der Waals surface area contributed by atoms with Crippen LogP contribution >= 0.6 is 0 Å². The zero-order chi connectivity index (χ0) is 29.2. The first-order valence-electron chi connectivity index (χ1n) is 14.0. The Morgan fingerprint density at radius 1 is 0.833 bits per heavy atom. The number of rotatable bonds is 8. The molecule has 4 aromatic carbocycles. The van der Waals surface area contributed by atoms with Gasteiger partial charge in [0.05, 0.1) is 17.2 Å². The Balaban J connectivity index is 1.32. The van der Waals surface area contributed by atoms with Crippen molar-refractivity contribution in [2.75, 3.05) is 24.5 Å². The third-order valence-corrected chi connectivity index (χ3v) is 9.96. The molecule has 0 amide bonds. The summed E-state index contributed by atoms with van der Waals surface area (Å²) >= 11 is 0. The van der Waals surface area contributed by atoms with Gasteiger partial charge in [0.2, 0.25) is 10.0 Å². The van der Waals surface area contributed by atoms with Crippen LogP contribution in [0.15, 0.2) is 126 Å². The molecular weight excluding hydrogens is 546 g/mol. The predicted octanol–water partition coefficient (Wildman–Crippen LogP) is 6.42. The summed E-state index contributed by atoms with van der Waals surface area (Å²) in [6.45, 7) is 3.07.